The summed E-state index contributed by atoms with van der Waals surface area (Å²) in [6, 6.07) is 8.33. The highest BCUT2D eigenvalue weighted by Gasteiger charge is 2.01. The van der Waals surface area contributed by atoms with Crippen LogP contribution in [0.5, 0.6) is 0 Å². The van der Waals surface area contributed by atoms with Crippen molar-refractivity contribution in [3.63, 3.8) is 0 Å². The number of esters is 1. The third-order valence-electron chi connectivity index (χ3n) is 2.59. The Labute approximate surface area is 103 Å². The van der Waals surface area contributed by atoms with Gasteiger partial charge in [0.25, 0.3) is 0 Å². The van der Waals surface area contributed by atoms with Gasteiger partial charge >= 0.3 is 5.97 Å². The van der Waals surface area contributed by atoms with Crippen LogP contribution in [0.4, 0.5) is 0 Å². The van der Waals surface area contributed by atoms with E-state index in [-0.39, 0.29) is 5.97 Å². The number of ether oxygens (including phenoxy) is 1. The SMILES string of the molecule is COC(=O)/C=C(\C)c1ccc(CC(C)C)cc1. The predicted octanol–water partition coefficient (Wildman–Crippen LogP) is 3.46. The highest BCUT2D eigenvalue weighted by molar-refractivity contribution is 5.90. The van der Waals surface area contributed by atoms with Crippen molar-refractivity contribution in [1.82, 2.24) is 0 Å². The molecule has 0 saturated carbocycles. The van der Waals surface area contributed by atoms with Crippen molar-refractivity contribution in [2.75, 3.05) is 7.11 Å². The minimum absolute atomic E-state index is 0.311. The van der Waals surface area contributed by atoms with Gasteiger partial charge in [0.1, 0.15) is 0 Å². The zero-order valence-electron chi connectivity index (χ0n) is 11.0. The molecule has 0 aliphatic heterocycles. The lowest BCUT2D eigenvalue weighted by atomic mass is 9.99. The summed E-state index contributed by atoms with van der Waals surface area (Å²) in [4.78, 5) is 11.1. The first-order valence-corrected chi connectivity index (χ1v) is 5.88. The summed E-state index contributed by atoms with van der Waals surface area (Å²) in [6.07, 6.45) is 2.59. The van der Waals surface area contributed by atoms with E-state index in [0.29, 0.717) is 5.92 Å². The molecule has 0 spiro atoms. The largest absolute Gasteiger partial charge is 0.466 e. The second kappa shape index (κ2) is 6.24. The van der Waals surface area contributed by atoms with E-state index in [1.54, 1.807) is 0 Å². The molecule has 0 radical (unpaired) electrons. The maximum Gasteiger partial charge on any atom is 0.330 e. The molecule has 1 aromatic carbocycles. The van der Waals surface area contributed by atoms with Gasteiger partial charge < -0.3 is 4.74 Å². The lowest BCUT2D eigenvalue weighted by Crippen LogP contribution is -1.96. The van der Waals surface area contributed by atoms with Crippen LogP contribution >= 0.6 is 0 Å². The highest BCUT2D eigenvalue weighted by Crippen LogP contribution is 2.16. The van der Waals surface area contributed by atoms with Crippen LogP contribution in [-0.2, 0) is 16.0 Å². The molecule has 2 heteroatoms. The van der Waals surface area contributed by atoms with Crippen LogP contribution in [0, 0.1) is 5.92 Å². The van der Waals surface area contributed by atoms with Gasteiger partial charge in [0.15, 0.2) is 0 Å². The van der Waals surface area contributed by atoms with Crippen LogP contribution in [0.25, 0.3) is 5.57 Å². The van der Waals surface area contributed by atoms with Gasteiger partial charge in [0.2, 0.25) is 0 Å². The molecule has 0 saturated heterocycles. The summed E-state index contributed by atoms with van der Waals surface area (Å²) in [5.74, 6) is 0.348. The Hall–Kier alpha value is -1.57. The topological polar surface area (TPSA) is 26.3 Å². The minimum atomic E-state index is -0.311. The van der Waals surface area contributed by atoms with Gasteiger partial charge in [-0.3, -0.25) is 0 Å². The van der Waals surface area contributed by atoms with E-state index in [0.717, 1.165) is 17.6 Å². The summed E-state index contributed by atoms with van der Waals surface area (Å²) in [6.45, 7) is 6.32. The maximum atomic E-state index is 11.1. The van der Waals surface area contributed by atoms with Crippen LogP contribution in [0.3, 0.4) is 0 Å². The first kappa shape index (κ1) is 13.5. The summed E-state index contributed by atoms with van der Waals surface area (Å²) in [5.41, 5.74) is 3.31. The molecule has 0 aliphatic carbocycles. The van der Waals surface area contributed by atoms with E-state index in [9.17, 15) is 4.79 Å². The molecule has 0 heterocycles. The molecule has 0 amide bonds. The number of hydrogen-bond acceptors (Lipinski definition) is 2. The van der Waals surface area contributed by atoms with Crippen molar-refractivity contribution in [2.45, 2.75) is 27.2 Å². The summed E-state index contributed by atoms with van der Waals surface area (Å²) < 4.78 is 4.60. The van der Waals surface area contributed by atoms with Gasteiger partial charge in [-0.05, 0) is 36.0 Å². The normalized spacial score (nSPS) is 11.7. The van der Waals surface area contributed by atoms with Gasteiger partial charge in [-0.15, -0.1) is 0 Å². The van der Waals surface area contributed by atoms with Crippen LogP contribution in [-0.4, -0.2) is 13.1 Å². The van der Waals surface area contributed by atoms with E-state index in [1.807, 2.05) is 19.1 Å². The maximum absolute atomic E-state index is 11.1. The molecule has 0 atom stereocenters. The molecule has 0 unspecified atom stereocenters. The van der Waals surface area contributed by atoms with Gasteiger partial charge in [-0.25, -0.2) is 4.79 Å². The van der Waals surface area contributed by atoms with E-state index < -0.39 is 0 Å². The predicted molar refractivity (Wildman–Crippen MR) is 70.7 cm³/mol. The number of carbonyl (C=O) groups is 1. The van der Waals surface area contributed by atoms with Crippen LogP contribution in [0.15, 0.2) is 30.3 Å². The second-order valence-corrected chi connectivity index (χ2v) is 4.65. The monoisotopic (exact) mass is 232 g/mol. The molecule has 0 N–H and O–H groups in total. The Morgan fingerprint density at radius 2 is 1.88 bits per heavy atom. The summed E-state index contributed by atoms with van der Waals surface area (Å²) in [5, 5.41) is 0. The fraction of sp³-hybridized carbons (Fsp3) is 0.400. The number of hydrogen-bond donors (Lipinski definition) is 0. The highest BCUT2D eigenvalue weighted by atomic mass is 16.5. The number of benzene rings is 1. The Balaban J connectivity index is 2.80. The van der Waals surface area contributed by atoms with Gasteiger partial charge in [0.05, 0.1) is 7.11 Å². The fourth-order valence-corrected chi connectivity index (χ4v) is 1.69. The first-order valence-electron chi connectivity index (χ1n) is 5.88. The van der Waals surface area contributed by atoms with Gasteiger partial charge in [0, 0.05) is 6.08 Å². The molecule has 0 fully saturated rings. The first-order chi connectivity index (χ1) is 8.02. The van der Waals surface area contributed by atoms with Crippen LogP contribution in [0.1, 0.15) is 31.9 Å². The number of carbonyl (C=O) groups excluding carboxylic acids is 1. The third-order valence-corrected chi connectivity index (χ3v) is 2.59. The van der Waals surface area contributed by atoms with E-state index >= 15 is 0 Å². The van der Waals surface area contributed by atoms with Crippen molar-refractivity contribution in [1.29, 1.82) is 0 Å². The zero-order valence-corrected chi connectivity index (χ0v) is 11.0. The molecule has 2 nitrogen and oxygen atoms in total. The lowest BCUT2D eigenvalue weighted by molar-refractivity contribution is -0.134. The molecule has 92 valence electrons. The number of rotatable bonds is 4. The Morgan fingerprint density at radius 1 is 1.29 bits per heavy atom. The molecule has 1 rings (SSSR count). The molecule has 0 aliphatic rings. The van der Waals surface area contributed by atoms with Crippen molar-refractivity contribution >= 4 is 11.5 Å². The van der Waals surface area contributed by atoms with Crippen LogP contribution < -0.4 is 0 Å². The standard InChI is InChI=1S/C15H20O2/c1-11(2)9-13-5-7-14(8-6-13)12(3)10-15(16)17-4/h5-8,10-11H,9H2,1-4H3/b12-10+. The van der Waals surface area contributed by atoms with Crippen molar-refractivity contribution in [3.8, 4) is 0 Å². The second-order valence-electron chi connectivity index (χ2n) is 4.65. The van der Waals surface area contributed by atoms with Crippen molar-refractivity contribution in [2.24, 2.45) is 5.92 Å². The van der Waals surface area contributed by atoms with Crippen molar-refractivity contribution in [3.05, 3.63) is 41.5 Å². The average Bonchev–Trinajstić information content (AvgIpc) is 2.28. The molecular formula is C15H20O2. The Bertz CT molecular complexity index is 399. The third kappa shape index (κ3) is 4.43. The van der Waals surface area contributed by atoms with E-state index in [1.165, 1.54) is 18.7 Å². The quantitative estimate of drug-likeness (QED) is 0.587. The van der Waals surface area contributed by atoms with E-state index in [4.69, 9.17) is 0 Å². The molecule has 17 heavy (non-hydrogen) atoms. The number of allylic oxidation sites excluding steroid dienone is 1. The Morgan fingerprint density at radius 3 is 2.35 bits per heavy atom. The number of methoxy groups -OCH3 is 1. The summed E-state index contributed by atoms with van der Waals surface area (Å²) in [7, 11) is 1.39. The van der Waals surface area contributed by atoms with Gasteiger partial charge in [-0.1, -0.05) is 38.1 Å². The lowest BCUT2D eigenvalue weighted by Gasteiger charge is -2.06. The molecule has 0 bridgehead atoms. The Kier molecular flexibility index (Phi) is 4.95. The minimum Gasteiger partial charge on any atom is -0.466 e. The van der Waals surface area contributed by atoms with Gasteiger partial charge in [-0.2, -0.15) is 0 Å². The average molecular weight is 232 g/mol. The fourth-order valence-electron chi connectivity index (χ4n) is 1.69. The molecule has 0 aromatic heterocycles. The van der Waals surface area contributed by atoms with Crippen LogP contribution in [0.2, 0.25) is 0 Å². The zero-order chi connectivity index (χ0) is 12.8. The van der Waals surface area contributed by atoms with E-state index in [2.05, 4.69) is 30.7 Å². The summed E-state index contributed by atoms with van der Waals surface area (Å²) >= 11 is 0. The molecular weight excluding hydrogens is 212 g/mol. The van der Waals surface area contributed by atoms with Crippen molar-refractivity contribution < 1.29 is 9.53 Å². The smallest absolute Gasteiger partial charge is 0.330 e. The molecule has 1 aromatic rings.